The zero-order valence-electron chi connectivity index (χ0n) is 17.6. The van der Waals surface area contributed by atoms with E-state index in [1.165, 1.54) is 33.3 Å². The molecule has 1 aliphatic rings. The smallest absolute Gasteiger partial charge is 0.161 e. The van der Waals surface area contributed by atoms with Crippen molar-refractivity contribution in [1.82, 2.24) is 9.88 Å². The maximum Gasteiger partial charge on any atom is 0.161 e. The zero-order chi connectivity index (χ0) is 19.5. The number of hydrogen-bond donors (Lipinski definition) is 1. The molecule has 1 N–H and O–H groups in total. The Labute approximate surface area is 179 Å². The lowest BCUT2D eigenvalue weighted by Crippen LogP contribution is -2.31. The topological polar surface area (TPSA) is 37.5 Å². The van der Waals surface area contributed by atoms with Gasteiger partial charge in [-0.15, -0.1) is 12.4 Å². The molecule has 1 aromatic heterocycles. The van der Waals surface area contributed by atoms with E-state index in [1.807, 2.05) is 31.2 Å². The van der Waals surface area contributed by atoms with Gasteiger partial charge >= 0.3 is 0 Å². The number of benzene rings is 2. The standard InChI is InChI=1S/C24H30N2O2.ClH/c1-4-27-23-8-5-6-9-24(23)28-13-7-11-26-12-10-21-20(16-26)19-14-17(2)18(3)15-22(19)25-21;/h5-6,8-9,14-15,25H,4,7,10-13,16H2,1-3H3;1H. The molecular weight excluding hydrogens is 384 g/mol. The minimum atomic E-state index is 0. The number of ether oxygens (including phenoxy) is 2. The van der Waals surface area contributed by atoms with Gasteiger partial charge in [-0.05, 0) is 68.1 Å². The average molecular weight is 415 g/mol. The molecule has 0 aliphatic carbocycles. The van der Waals surface area contributed by atoms with E-state index in [4.69, 9.17) is 9.47 Å². The molecule has 0 spiro atoms. The van der Waals surface area contributed by atoms with Crippen molar-refractivity contribution in [3.63, 3.8) is 0 Å². The Hall–Kier alpha value is -2.17. The highest BCUT2D eigenvalue weighted by Crippen LogP contribution is 2.30. The number of hydrogen-bond acceptors (Lipinski definition) is 3. The SMILES string of the molecule is CCOc1ccccc1OCCCN1CCc2[nH]c3cc(C)c(C)cc3c2C1.Cl. The number of aromatic nitrogens is 1. The summed E-state index contributed by atoms with van der Waals surface area (Å²) in [7, 11) is 0. The van der Waals surface area contributed by atoms with Gasteiger partial charge in [0.15, 0.2) is 11.5 Å². The maximum atomic E-state index is 5.98. The first-order chi connectivity index (χ1) is 13.7. The molecule has 0 bridgehead atoms. The van der Waals surface area contributed by atoms with Crippen molar-refractivity contribution < 1.29 is 9.47 Å². The second-order valence-corrected chi connectivity index (χ2v) is 7.67. The summed E-state index contributed by atoms with van der Waals surface area (Å²) in [6.45, 7) is 10.9. The number of fused-ring (bicyclic) bond motifs is 3. The molecule has 0 atom stereocenters. The Bertz CT molecular complexity index is 967. The van der Waals surface area contributed by atoms with Gasteiger partial charge in [-0.2, -0.15) is 0 Å². The first kappa shape index (κ1) is 21.5. The summed E-state index contributed by atoms with van der Waals surface area (Å²) in [6.07, 6.45) is 2.10. The van der Waals surface area contributed by atoms with E-state index < -0.39 is 0 Å². The monoisotopic (exact) mass is 414 g/mol. The van der Waals surface area contributed by atoms with Gasteiger partial charge in [0.2, 0.25) is 0 Å². The maximum absolute atomic E-state index is 5.98. The largest absolute Gasteiger partial charge is 0.490 e. The fraction of sp³-hybridized carbons (Fsp3) is 0.417. The van der Waals surface area contributed by atoms with Gasteiger partial charge in [0, 0.05) is 42.7 Å². The van der Waals surface area contributed by atoms with E-state index in [2.05, 4.69) is 35.9 Å². The molecule has 2 heterocycles. The van der Waals surface area contributed by atoms with E-state index in [1.54, 1.807) is 0 Å². The molecule has 0 amide bonds. The number of H-pyrrole nitrogens is 1. The van der Waals surface area contributed by atoms with Crippen LogP contribution in [0.25, 0.3) is 10.9 Å². The fourth-order valence-electron chi connectivity index (χ4n) is 4.04. The highest BCUT2D eigenvalue weighted by atomic mass is 35.5. The summed E-state index contributed by atoms with van der Waals surface area (Å²) in [5, 5.41) is 1.39. The van der Waals surface area contributed by atoms with Gasteiger partial charge in [0.05, 0.1) is 13.2 Å². The molecule has 156 valence electrons. The van der Waals surface area contributed by atoms with Crippen molar-refractivity contribution in [3.8, 4) is 11.5 Å². The van der Waals surface area contributed by atoms with Gasteiger partial charge in [-0.25, -0.2) is 0 Å². The molecule has 2 aromatic carbocycles. The van der Waals surface area contributed by atoms with Gasteiger partial charge in [-0.1, -0.05) is 12.1 Å². The molecule has 1 aliphatic heterocycles. The first-order valence-electron chi connectivity index (χ1n) is 10.3. The number of halogens is 1. The molecular formula is C24H31ClN2O2. The Kier molecular flexibility index (Phi) is 7.09. The third-order valence-corrected chi connectivity index (χ3v) is 5.69. The van der Waals surface area contributed by atoms with Crippen LogP contribution in [0.5, 0.6) is 11.5 Å². The van der Waals surface area contributed by atoms with Crippen LogP contribution in [0, 0.1) is 13.8 Å². The van der Waals surface area contributed by atoms with Crippen molar-refractivity contribution in [2.45, 2.75) is 40.2 Å². The predicted octanol–water partition coefficient (Wildman–Crippen LogP) is 5.43. The molecule has 3 aromatic rings. The lowest BCUT2D eigenvalue weighted by molar-refractivity contribution is 0.216. The Morgan fingerprint density at radius 3 is 2.52 bits per heavy atom. The molecule has 5 heteroatoms. The normalized spacial score (nSPS) is 13.8. The van der Waals surface area contributed by atoms with Crippen molar-refractivity contribution in [3.05, 3.63) is 58.8 Å². The third kappa shape index (κ3) is 4.71. The third-order valence-electron chi connectivity index (χ3n) is 5.69. The van der Waals surface area contributed by atoms with Crippen LogP contribution in [0.4, 0.5) is 0 Å². The number of nitrogens with one attached hydrogen (secondary N) is 1. The van der Waals surface area contributed by atoms with Crippen LogP contribution in [-0.4, -0.2) is 36.2 Å². The van der Waals surface area contributed by atoms with E-state index >= 15 is 0 Å². The predicted molar refractivity (Wildman–Crippen MR) is 122 cm³/mol. The number of rotatable bonds is 7. The van der Waals surface area contributed by atoms with E-state index in [-0.39, 0.29) is 12.4 Å². The molecule has 0 saturated heterocycles. The lowest BCUT2D eigenvalue weighted by Gasteiger charge is -2.27. The minimum Gasteiger partial charge on any atom is -0.490 e. The molecule has 0 saturated carbocycles. The summed E-state index contributed by atoms with van der Waals surface area (Å²) >= 11 is 0. The summed E-state index contributed by atoms with van der Waals surface area (Å²) in [5.41, 5.74) is 6.90. The van der Waals surface area contributed by atoms with Gasteiger partial charge in [-0.3, -0.25) is 4.90 Å². The molecule has 4 nitrogen and oxygen atoms in total. The Morgan fingerprint density at radius 1 is 1.03 bits per heavy atom. The van der Waals surface area contributed by atoms with Crippen LogP contribution >= 0.6 is 12.4 Å². The molecule has 4 rings (SSSR count). The van der Waals surface area contributed by atoms with Gasteiger partial charge in [0.1, 0.15) is 0 Å². The minimum absolute atomic E-state index is 0. The highest BCUT2D eigenvalue weighted by molar-refractivity contribution is 5.86. The van der Waals surface area contributed by atoms with Crippen LogP contribution in [0.2, 0.25) is 0 Å². The van der Waals surface area contributed by atoms with Crippen molar-refractivity contribution in [1.29, 1.82) is 0 Å². The van der Waals surface area contributed by atoms with Gasteiger partial charge in [0.25, 0.3) is 0 Å². The fourth-order valence-corrected chi connectivity index (χ4v) is 4.04. The van der Waals surface area contributed by atoms with E-state index in [9.17, 15) is 0 Å². The van der Waals surface area contributed by atoms with E-state index in [0.717, 1.165) is 44.0 Å². The van der Waals surface area contributed by atoms with Gasteiger partial charge < -0.3 is 14.5 Å². The van der Waals surface area contributed by atoms with Crippen LogP contribution < -0.4 is 9.47 Å². The second kappa shape index (κ2) is 9.55. The quantitative estimate of drug-likeness (QED) is 0.523. The summed E-state index contributed by atoms with van der Waals surface area (Å²) in [5.74, 6) is 1.67. The van der Waals surface area contributed by atoms with Crippen LogP contribution in [0.1, 0.15) is 35.7 Å². The molecule has 29 heavy (non-hydrogen) atoms. The second-order valence-electron chi connectivity index (χ2n) is 7.67. The van der Waals surface area contributed by atoms with Crippen LogP contribution in [0.3, 0.4) is 0 Å². The Morgan fingerprint density at radius 2 is 1.76 bits per heavy atom. The van der Waals surface area contributed by atoms with Crippen molar-refractivity contribution in [2.75, 3.05) is 26.3 Å². The summed E-state index contributed by atoms with van der Waals surface area (Å²) in [4.78, 5) is 6.19. The zero-order valence-corrected chi connectivity index (χ0v) is 18.4. The number of nitrogens with zero attached hydrogens (tertiary/aromatic N) is 1. The summed E-state index contributed by atoms with van der Waals surface area (Å²) in [6, 6.07) is 12.5. The highest BCUT2D eigenvalue weighted by Gasteiger charge is 2.20. The molecule has 0 fully saturated rings. The number of aryl methyl sites for hydroxylation is 2. The van der Waals surface area contributed by atoms with E-state index in [0.29, 0.717) is 13.2 Å². The van der Waals surface area contributed by atoms with Crippen molar-refractivity contribution in [2.24, 2.45) is 0 Å². The molecule has 0 radical (unpaired) electrons. The summed E-state index contributed by atoms with van der Waals surface area (Å²) < 4.78 is 11.6. The molecule has 0 unspecified atom stereocenters. The first-order valence-corrected chi connectivity index (χ1v) is 10.3. The number of para-hydroxylation sites is 2. The Balaban J connectivity index is 0.00000240. The van der Waals surface area contributed by atoms with Crippen LogP contribution in [-0.2, 0) is 13.0 Å². The van der Waals surface area contributed by atoms with Crippen molar-refractivity contribution >= 4 is 23.3 Å². The van der Waals surface area contributed by atoms with Crippen LogP contribution in [0.15, 0.2) is 36.4 Å². The average Bonchev–Trinajstić information content (AvgIpc) is 3.04. The number of aromatic amines is 1. The lowest BCUT2D eigenvalue weighted by atomic mass is 10.0.